The van der Waals surface area contributed by atoms with E-state index in [1.54, 1.807) is 31.4 Å². The molecule has 1 unspecified atom stereocenters. The van der Waals surface area contributed by atoms with Crippen LogP contribution in [0.2, 0.25) is 0 Å². The molecule has 2 aromatic rings. The lowest BCUT2D eigenvalue weighted by Crippen LogP contribution is -2.37. The first-order valence-electron chi connectivity index (χ1n) is 7.06. The van der Waals surface area contributed by atoms with Crippen molar-refractivity contribution in [1.29, 1.82) is 0 Å². The van der Waals surface area contributed by atoms with Gasteiger partial charge in [-0.05, 0) is 23.3 Å². The van der Waals surface area contributed by atoms with E-state index in [0.717, 1.165) is 5.56 Å². The minimum atomic E-state index is -0.780. The molecule has 1 atom stereocenters. The minimum absolute atomic E-state index is 0.133. The summed E-state index contributed by atoms with van der Waals surface area (Å²) in [5.41, 5.74) is 1.72. The maximum atomic E-state index is 11.7. The second-order valence-electron chi connectivity index (χ2n) is 4.84. The number of ether oxygens (including phenoxy) is 1. The molecule has 0 spiro atoms. The highest BCUT2D eigenvalue weighted by Crippen LogP contribution is 2.18. The smallest absolute Gasteiger partial charge is 0.315 e. The number of amides is 2. The van der Waals surface area contributed by atoms with Crippen LogP contribution in [0.3, 0.4) is 0 Å². The lowest BCUT2D eigenvalue weighted by molar-refractivity contribution is 0.172. The van der Waals surface area contributed by atoms with Crippen molar-refractivity contribution in [2.45, 2.75) is 12.6 Å². The van der Waals surface area contributed by atoms with Crippen LogP contribution in [0.4, 0.5) is 4.79 Å². The first-order chi connectivity index (χ1) is 10.7. The molecular weight excluding hydrogens is 280 g/mol. The number of benzene rings is 2. The number of carbonyl (C=O) groups is 1. The Morgan fingerprint density at radius 2 is 1.91 bits per heavy atom. The van der Waals surface area contributed by atoms with E-state index in [1.807, 2.05) is 30.3 Å². The number of methoxy groups -OCH3 is 1. The monoisotopic (exact) mass is 300 g/mol. The Morgan fingerprint density at radius 3 is 2.64 bits per heavy atom. The van der Waals surface area contributed by atoms with Gasteiger partial charge in [0.1, 0.15) is 5.75 Å². The third kappa shape index (κ3) is 4.79. The van der Waals surface area contributed by atoms with Crippen LogP contribution >= 0.6 is 0 Å². The Bertz CT molecular complexity index is 602. The Labute approximate surface area is 129 Å². The van der Waals surface area contributed by atoms with Gasteiger partial charge in [0.15, 0.2) is 0 Å². The third-order valence-corrected chi connectivity index (χ3v) is 3.23. The number of hydrogen-bond acceptors (Lipinski definition) is 3. The average Bonchev–Trinajstić information content (AvgIpc) is 2.58. The van der Waals surface area contributed by atoms with Crippen LogP contribution in [0.15, 0.2) is 54.6 Å². The minimum Gasteiger partial charge on any atom is -0.497 e. The van der Waals surface area contributed by atoms with Crippen LogP contribution in [0.1, 0.15) is 17.2 Å². The summed E-state index contributed by atoms with van der Waals surface area (Å²) in [5.74, 6) is 0.671. The summed E-state index contributed by atoms with van der Waals surface area (Å²) in [7, 11) is 1.57. The maximum Gasteiger partial charge on any atom is 0.315 e. The predicted octanol–water partition coefficient (Wildman–Crippen LogP) is 2.23. The molecule has 5 nitrogen and oxygen atoms in total. The summed E-state index contributed by atoms with van der Waals surface area (Å²) in [6.07, 6.45) is -0.780. The van der Waals surface area contributed by atoms with Gasteiger partial charge >= 0.3 is 6.03 Å². The van der Waals surface area contributed by atoms with Crippen LogP contribution < -0.4 is 15.4 Å². The van der Waals surface area contributed by atoms with Crippen molar-refractivity contribution in [1.82, 2.24) is 10.6 Å². The number of aliphatic hydroxyl groups excluding tert-OH is 1. The standard InChI is InChI=1S/C17H20N2O3/c1-22-15-9-5-8-14(10-15)16(20)12-19-17(21)18-11-13-6-3-2-4-7-13/h2-10,16,20H,11-12H2,1H3,(H2,18,19,21). The van der Waals surface area contributed by atoms with Gasteiger partial charge in [-0.2, -0.15) is 0 Å². The van der Waals surface area contributed by atoms with Crippen molar-refractivity contribution < 1.29 is 14.6 Å². The van der Waals surface area contributed by atoms with E-state index in [9.17, 15) is 9.90 Å². The number of carbonyl (C=O) groups excluding carboxylic acids is 1. The molecule has 3 N–H and O–H groups in total. The topological polar surface area (TPSA) is 70.6 Å². The Kier molecular flexibility index (Phi) is 5.80. The van der Waals surface area contributed by atoms with E-state index < -0.39 is 6.10 Å². The lowest BCUT2D eigenvalue weighted by Gasteiger charge is -2.14. The second-order valence-corrected chi connectivity index (χ2v) is 4.84. The SMILES string of the molecule is COc1cccc(C(O)CNC(=O)NCc2ccccc2)c1. The van der Waals surface area contributed by atoms with E-state index in [-0.39, 0.29) is 12.6 Å². The molecule has 0 aromatic heterocycles. The molecular formula is C17H20N2O3. The van der Waals surface area contributed by atoms with E-state index in [4.69, 9.17) is 4.74 Å². The molecule has 5 heteroatoms. The summed E-state index contributed by atoms with van der Waals surface area (Å²) in [5, 5.41) is 15.5. The first kappa shape index (κ1) is 15.9. The van der Waals surface area contributed by atoms with Crippen molar-refractivity contribution >= 4 is 6.03 Å². The molecule has 116 valence electrons. The van der Waals surface area contributed by atoms with Gasteiger partial charge in [-0.25, -0.2) is 4.79 Å². The molecule has 0 aliphatic heterocycles. The van der Waals surface area contributed by atoms with Crippen LogP contribution in [0, 0.1) is 0 Å². The first-order valence-corrected chi connectivity index (χ1v) is 7.06. The van der Waals surface area contributed by atoms with Crippen molar-refractivity contribution in [3.63, 3.8) is 0 Å². The van der Waals surface area contributed by atoms with Gasteiger partial charge in [0, 0.05) is 13.1 Å². The molecule has 0 saturated carbocycles. The number of rotatable bonds is 6. The predicted molar refractivity (Wildman–Crippen MR) is 84.6 cm³/mol. The highest BCUT2D eigenvalue weighted by Gasteiger charge is 2.10. The van der Waals surface area contributed by atoms with Crippen molar-refractivity contribution in [2.24, 2.45) is 0 Å². The quantitative estimate of drug-likeness (QED) is 0.766. The molecule has 0 heterocycles. The fourth-order valence-electron chi connectivity index (χ4n) is 2.00. The van der Waals surface area contributed by atoms with Crippen LogP contribution in [-0.4, -0.2) is 24.8 Å². The fraction of sp³-hybridized carbons (Fsp3) is 0.235. The zero-order valence-electron chi connectivity index (χ0n) is 12.5. The molecule has 0 fully saturated rings. The molecule has 0 saturated heterocycles. The zero-order chi connectivity index (χ0) is 15.8. The molecule has 0 bridgehead atoms. The van der Waals surface area contributed by atoms with Crippen LogP contribution in [0.25, 0.3) is 0 Å². The molecule has 2 aromatic carbocycles. The van der Waals surface area contributed by atoms with Crippen LogP contribution in [0.5, 0.6) is 5.75 Å². The van der Waals surface area contributed by atoms with Gasteiger partial charge in [-0.15, -0.1) is 0 Å². The summed E-state index contributed by atoms with van der Waals surface area (Å²) in [6.45, 7) is 0.579. The number of hydrogen-bond donors (Lipinski definition) is 3. The van der Waals surface area contributed by atoms with Gasteiger partial charge in [0.25, 0.3) is 0 Å². The lowest BCUT2D eigenvalue weighted by atomic mass is 10.1. The molecule has 0 aliphatic carbocycles. The number of aliphatic hydroxyl groups is 1. The average molecular weight is 300 g/mol. The van der Waals surface area contributed by atoms with E-state index in [0.29, 0.717) is 17.9 Å². The van der Waals surface area contributed by atoms with Gasteiger partial charge < -0.3 is 20.5 Å². The highest BCUT2D eigenvalue weighted by molar-refractivity contribution is 5.73. The molecule has 0 radical (unpaired) electrons. The fourth-order valence-corrected chi connectivity index (χ4v) is 2.00. The summed E-state index contributed by atoms with van der Waals surface area (Å²) < 4.78 is 5.11. The zero-order valence-corrected chi connectivity index (χ0v) is 12.5. The molecule has 2 rings (SSSR count). The Morgan fingerprint density at radius 1 is 1.14 bits per heavy atom. The van der Waals surface area contributed by atoms with Crippen molar-refractivity contribution in [3.05, 3.63) is 65.7 Å². The van der Waals surface area contributed by atoms with Gasteiger partial charge in [-0.3, -0.25) is 0 Å². The van der Waals surface area contributed by atoms with E-state index >= 15 is 0 Å². The summed E-state index contributed by atoms with van der Waals surface area (Å²) in [6, 6.07) is 16.5. The van der Waals surface area contributed by atoms with Gasteiger partial charge in [0.05, 0.1) is 13.2 Å². The summed E-state index contributed by atoms with van der Waals surface area (Å²) in [4.78, 5) is 11.7. The number of urea groups is 1. The van der Waals surface area contributed by atoms with Crippen molar-refractivity contribution in [2.75, 3.05) is 13.7 Å². The molecule has 0 aliphatic rings. The van der Waals surface area contributed by atoms with E-state index in [1.165, 1.54) is 0 Å². The largest absolute Gasteiger partial charge is 0.497 e. The third-order valence-electron chi connectivity index (χ3n) is 3.23. The summed E-state index contributed by atoms with van der Waals surface area (Å²) >= 11 is 0. The second kappa shape index (κ2) is 8.05. The van der Waals surface area contributed by atoms with Crippen LogP contribution in [-0.2, 0) is 6.54 Å². The number of nitrogens with one attached hydrogen (secondary N) is 2. The maximum absolute atomic E-state index is 11.7. The highest BCUT2D eigenvalue weighted by atomic mass is 16.5. The molecule has 22 heavy (non-hydrogen) atoms. The van der Waals surface area contributed by atoms with E-state index in [2.05, 4.69) is 10.6 Å². The van der Waals surface area contributed by atoms with Crippen molar-refractivity contribution in [3.8, 4) is 5.75 Å². The van der Waals surface area contributed by atoms with Gasteiger partial charge in [-0.1, -0.05) is 42.5 Å². The Hall–Kier alpha value is -2.53. The van der Waals surface area contributed by atoms with Gasteiger partial charge in [0.2, 0.25) is 0 Å². The normalized spacial score (nSPS) is 11.5. The molecule has 2 amide bonds. The Balaban J connectivity index is 1.77.